The molecule has 0 aliphatic rings. The van der Waals surface area contributed by atoms with Crippen molar-refractivity contribution in [3.63, 3.8) is 0 Å². The van der Waals surface area contributed by atoms with Crippen LogP contribution in [0.5, 0.6) is 0 Å². The molecule has 3 N–H and O–H groups in total. The van der Waals surface area contributed by atoms with Crippen molar-refractivity contribution >= 4 is 5.91 Å². The fraction of sp³-hybridized carbons (Fsp3) is 0.889. The highest BCUT2D eigenvalue weighted by atomic mass is 16.3. The van der Waals surface area contributed by atoms with Crippen molar-refractivity contribution < 1.29 is 9.90 Å². The second-order valence-electron chi connectivity index (χ2n) is 3.69. The van der Waals surface area contributed by atoms with Gasteiger partial charge in [0.25, 0.3) is 0 Å². The molecule has 0 saturated heterocycles. The Kier molecular flexibility index (Phi) is 5.66. The zero-order valence-electron chi connectivity index (χ0n) is 8.68. The molecule has 0 rings (SSSR count). The first kappa shape index (κ1) is 12.4. The molecule has 0 aliphatic carbocycles. The van der Waals surface area contributed by atoms with Gasteiger partial charge in [0.15, 0.2) is 0 Å². The van der Waals surface area contributed by atoms with Crippen LogP contribution >= 0.6 is 0 Å². The average molecular weight is 188 g/mol. The van der Waals surface area contributed by atoms with Crippen LogP contribution in [0.4, 0.5) is 0 Å². The van der Waals surface area contributed by atoms with Crippen LogP contribution in [0.15, 0.2) is 0 Å². The van der Waals surface area contributed by atoms with E-state index in [1.807, 2.05) is 20.8 Å². The Hall–Kier alpha value is -0.610. The molecule has 0 bridgehead atoms. The molecule has 0 atom stereocenters. The van der Waals surface area contributed by atoms with E-state index in [9.17, 15) is 4.79 Å². The number of aliphatic hydroxyl groups excluding tert-OH is 1. The second-order valence-corrected chi connectivity index (χ2v) is 3.69. The Morgan fingerprint density at radius 2 is 2.08 bits per heavy atom. The van der Waals surface area contributed by atoms with Gasteiger partial charge >= 0.3 is 0 Å². The number of aliphatic hydroxyl groups is 1. The second kappa shape index (κ2) is 5.94. The van der Waals surface area contributed by atoms with E-state index >= 15 is 0 Å². The summed E-state index contributed by atoms with van der Waals surface area (Å²) in [6.07, 6.45) is 0.902. The number of rotatable bonds is 6. The Balaban J connectivity index is 3.62. The van der Waals surface area contributed by atoms with Crippen molar-refractivity contribution in [3.05, 3.63) is 0 Å². The van der Waals surface area contributed by atoms with Gasteiger partial charge in [0.2, 0.25) is 5.91 Å². The van der Waals surface area contributed by atoms with E-state index in [0.717, 1.165) is 6.42 Å². The number of hydrogen-bond donors (Lipinski definition) is 3. The van der Waals surface area contributed by atoms with Crippen molar-refractivity contribution in [3.8, 4) is 0 Å². The van der Waals surface area contributed by atoms with Crippen molar-refractivity contribution in [2.24, 2.45) is 0 Å². The summed E-state index contributed by atoms with van der Waals surface area (Å²) in [6, 6.07) is 0. The van der Waals surface area contributed by atoms with Gasteiger partial charge in [-0.2, -0.15) is 0 Å². The fourth-order valence-corrected chi connectivity index (χ4v) is 0.791. The number of hydrogen-bond acceptors (Lipinski definition) is 3. The summed E-state index contributed by atoms with van der Waals surface area (Å²) in [5, 5.41) is 14.2. The molecule has 0 unspecified atom stereocenters. The minimum atomic E-state index is -0.141. The zero-order valence-corrected chi connectivity index (χ0v) is 8.68. The molecule has 0 fully saturated rings. The third-order valence-electron chi connectivity index (χ3n) is 1.94. The highest BCUT2D eigenvalue weighted by Gasteiger charge is 2.16. The summed E-state index contributed by atoms with van der Waals surface area (Å²) in [6.45, 7) is 6.78. The van der Waals surface area contributed by atoms with Gasteiger partial charge in [-0.15, -0.1) is 0 Å². The first-order valence-corrected chi connectivity index (χ1v) is 4.64. The smallest absolute Gasteiger partial charge is 0.234 e. The van der Waals surface area contributed by atoms with E-state index in [1.165, 1.54) is 0 Å². The lowest BCUT2D eigenvalue weighted by Crippen LogP contribution is -2.46. The molecule has 13 heavy (non-hydrogen) atoms. The predicted octanol–water partition coefficient (Wildman–Crippen LogP) is -0.127. The van der Waals surface area contributed by atoms with Crippen LogP contribution in [0.3, 0.4) is 0 Å². The molecule has 1 amide bonds. The van der Waals surface area contributed by atoms with Crippen LogP contribution in [0.2, 0.25) is 0 Å². The van der Waals surface area contributed by atoms with Crippen LogP contribution in [0.25, 0.3) is 0 Å². The van der Waals surface area contributed by atoms with Crippen molar-refractivity contribution in [2.45, 2.75) is 32.7 Å². The molecular formula is C9H20N2O2. The van der Waals surface area contributed by atoms with E-state index in [0.29, 0.717) is 6.54 Å². The van der Waals surface area contributed by atoms with Gasteiger partial charge < -0.3 is 15.7 Å². The van der Waals surface area contributed by atoms with Crippen LogP contribution in [0.1, 0.15) is 27.2 Å². The molecule has 0 aromatic rings. The molecule has 0 aromatic heterocycles. The first-order valence-electron chi connectivity index (χ1n) is 4.64. The molecule has 0 saturated carbocycles. The van der Waals surface area contributed by atoms with Gasteiger partial charge in [-0.3, -0.25) is 4.79 Å². The van der Waals surface area contributed by atoms with Gasteiger partial charge in [-0.25, -0.2) is 0 Å². The van der Waals surface area contributed by atoms with Crippen molar-refractivity contribution in [1.29, 1.82) is 0 Å². The van der Waals surface area contributed by atoms with Gasteiger partial charge in [0.1, 0.15) is 0 Å². The quantitative estimate of drug-likeness (QED) is 0.509. The number of carbonyl (C=O) groups is 1. The maximum absolute atomic E-state index is 11.2. The number of nitrogens with one attached hydrogen (secondary N) is 2. The minimum Gasteiger partial charge on any atom is -0.395 e. The largest absolute Gasteiger partial charge is 0.395 e. The molecule has 0 spiro atoms. The predicted molar refractivity (Wildman–Crippen MR) is 52.5 cm³/mol. The van der Waals surface area contributed by atoms with Crippen LogP contribution < -0.4 is 10.6 Å². The maximum atomic E-state index is 11.2. The van der Waals surface area contributed by atoms with Crippen molar-refractivity contribution in [2.75, 3.05) is 19.7 Å². The number of amides is 1. The summed E-state index contributed by atoms with van der Waals surface area (Å²) < 4.78 is 0. The molecular weight excluding hydrogens is 168 g/mol. The summed E-state index contributed by atoms with van der Waals surface area (Å²) in [7, 11) is 0. The Morgan fingerprint density at radius 3 is 2.54 bits per heavy atom. The third kappa shape index (κ3) is 6.54. The normalized spacial score (nSPS) is 11.4. The lowest BCUT2D eigenvalue weighted by molar-refractivity contribution is -0.121. The maximum Gasteiger partial charge on any atom is 0.234 e. The third-order valence-corrected chi connectivity index (χ3v) is 1.94. The van der Waals surface area contributed by atoms with Crippen LogP contribution in [-0.2, 0) is 4.79 Å². The van der Waals surface area contributed by atoms with E-state index in [4.69, 9.17) is 5.11 Å². The van der Waals surface area contributed by atoms with Crippen molar-refractivity contribution in [1.82, 2.24) is 10.6 Å². The lowest BCUT2D eigenvalue weighted by atomic mass is 10.0. The molecule has 0 aromatic carbocycles. The van der Waals surface area contributed by atoms with Crippen LogP contribution in [-0.4, -0.2) is 36.2 Å². The zero-order chi connectivity index (χ0) is 10.3. The molecule has 0 aliphatic heterocycles. The van der Waals surface area contributed by atoms with Gasteiger partial charge in [-0.05, 0) is 20.3 Å². The summed E-state index contributed by atoms with van der Waals surface area (Å²) in [5.74, 6) is -0.0275. The SMILES string of the molecule is CCC(C)(C)NC(=O)CNCCO. The fourth-order valence-electron chi connectivity index (χ4n) is 0.791. The van der Waals surface area contributed by atoms with E-state index in [1.54, 1.807) is 0 Å². The minimum absolute atomic E-state index is 0.0275. The average Bonchev–Trinajstić information content (AvgIpc) is 2.04. The Bertz CT molecular complexity index is 158. The van der Waals surface area contributed by atoms with Gasteiger partial charge in [0.05, 0.1) is 13.2 Å². The molecule has 0 heterocycles. The lowest BCUT2D eigenvalue weighted by Gasteiger charge is -2.24. The summed E-state index contributed by atoms with van der Waals surface area (Å²) >= 11 is 0. The Morgan fingerprint density at radius 1 is 1.46 bits per heavy atom. The highest BCUT2D eigenvalue weighted by molar-refractivity contribution is 5.78. The summed E-state index contributed by atoms with van der Waals surface area (Å²) in [5.41, 5.74) is -0.141. The monoisotopic (exact) mass is 188 g/mol. The molecule has 78 valence electrons. The molecule has 4 nitrogen and oxygen atoms in total. The molecule has 0 radical (unpaired) electrons. The topological polar surface area (TPSA) is 61.4 Å². The van der Waals surface area contributed by atoms with Crippen LogP contribution in [0, 0.1) is 0 Å². The van der Waals surface area contributed by atoms with Gasteiger partial charge in [0, 0.05) is 12.1 Å². The summed E-state index contributed by atoms with van der Waals surface area (Å²) in [4.78, 5) is 11.2. The molecule has 4 heteroatoms. The standard InChI is InChI=1S/C9H20N2O2/c1-4-9(2,3)11-8(13)7-10-5-6-12/h10,12H,4-7H2,1-3H3,(H,11,13). The van der Waals surface area contributed by atoms with E-state index < -0.39 is 0 Å². The highest BCUT2D eigenvalue weighted by Crippen LogP contribution is 2.05. The van der Waals surface area contributed by atoms with Gasteiger partial charge in [-0.1, -0.05) is 6.92 Å². The van der Waals surface area contributed by atoms with E-state index in [-0.39, 0.29) is 24.6 Å². The van der Waals surface area contributed by atoms with E-state index in [2.05, 4.69) is 10.6 Å². The first-order chi connectivity index (χ1) is 6.02. The Labute approximate surface area is 79.7 Å². The number of carbonyl (C=O) groups excluding carboxylic acids is 1.